The lowest BCUT2D eigenvalue weighted by Gasteiger charge is -2.15. The minimum atomic E-state index is -0.654. The van der Waals surface area contributed by atoms with Crippen LogP contribution in [0.25, 0.3) is 0 Å². The van der Waals surface area contributed by atoms with E-state index in [0.29, 0.717) is 11.5 Å². The van der Waals surface area contributed by atoms with Crippen LogP contribution in [0, 0.1) is 0 Å². The summed E-state index contributed by atoms with van der Waals surface area (Å²) >= 11 is 0. The van der Waals surface area contributed by atoms with Crippen LogP contribution in [0.15, 0.2) is 18.2 Å². The molecule has 2 N–H and O–H groups in total. The van der Waals surface area contributed by atoms with Gasteiger partial charge >= 0.3 is 5.97 Å². The van der Waals surface area contributed by atoms with Gasteiger partial charge in [0, 0.05) is 0 Å². The van der Waals surface area contributed by atoms with E-state index < -0.39 is 11.9 Å². The van der Waals surface area contributed by atoms with Gasteiger partial charge in [-0.15, -0.1) is 0 Å². The van der Waals surface area contributed by atoms with E-state index in [9.17, 15) is 9.59 Å². The summed E-state index contributed by atoms with van der Waals surface area (Å²) in [6.45, 7) is 7.85. The van der Waals surface area contributed by atoms with Gasteiger partial charge in [0.25, 0.3) is 5.91 Å². The van der Waals surface area contributed by atoms with Gasteiger partial charge in [-0.2, -0.15) is 0 Å². The molecule has 0 aliphatic carbocycles. The second kappa shape index (κ2) is 6.36. The number of hydrogen-bond acceptors (Lipinski definition) is 3. The molecule has 0 unspecified atom stereocenters. The smallest absolute Gasteiger partial charge is 0.338 e. The van der Waals surface area contributed by atoms with Crippen molar-refractivity contribution in [1.82, 2.24) is 0 Å². The summed E-state index contributed by atoms with van der Waals surface area (Å²) in [6, 6.07) is 5.70. The van der Waals surface area contributed by atoms with Gasteiger partial charge in [-0.05, 0) is 29.0 Å². The maximum Gasteiger partial charge on any atom is 0.338 e. The molecule has 0 fully saturated rings. The first-order valence-corrected chi connectivity index (χ1v) is 6.42. The molecule has 1 amide bonds. The van der Waals surface area contributed by atoms with Gasteiger partial charge in [-0.25, -0.2) is 4.79 Å². The Balaban J connectivity index is 3.06. The minimum Gasteiger partial charge on any atom is -0.452 e. The molecule has 0 bridgehead atoms. The van der Waals surface area contributed by atoms with Crippen molar-refractivity contribution in [2.45, 2.75) is 39.5 Å². The van der Waals surface area contributed by atoms with Crippen molar-refractivity contribution in [3.8, 4) is 0 Å². The van der Waals surface area contributed by atoms with Crippen molar-refractivity contribution in [3.05, 3.63) is 34.9 Å². The first kappa shape index (κ1) is 15.2. The quantitative estimate of drug-likeness (QED) is 0.830. The van der Waals surface area contributed by atoms with E-state index in [1.165, 1.54) is 5.56 Å². The second-order valence-electron chi connectivity index (χ2n) is 5.20. The molecule has 1 rings (SSSR count). The summed E-state index contributed by atoms with van der Waals surface area (Å²) in [5.74, 6) is -0.556. The Hall–Kier alpha value is -1.84. The van der Waals surface area contributed by atoms with Crippen LogP contribution in [0.4, 0.5) is 0 Å². The number of nitrogens with two attached hydrogens (primary N) is 1. The highest BCUT2D eigenvalue weighted by Gasteiger charge is 2.17. The molecule has 0 spiro atoms. The molecule has 4 heteroatoms. The number of amides is 1. The van der Waals surface area contributed by atoms with E-state index in [4.69, 9.17) is 10.5 Å². The molecule has 0 aromatic heterocycles. The third kappa shape index (κ3) is 4.09. The molecule has 0 saturated carbocycles. The number of hydrogen-bond donors (Lipinski definition) is 1. The van der Waals surface area contributed by atoms with Crippen LogP contribution in [0.5, 0.6) is 0 Å². The summed E-state index contributed by atoms with van der Waals surface area (Å²) in [5.41, 5.74) is 7.57. The Morgan fingerprint density at radius 3 is 2.26 bits per heavy atom. The monoisotopic (exact) mass is 263 g/mol. The normalized spacial score (nSPS) is 10.8. The number of primary amides is 1. The molecule has 0 aliphatic rings. The highest BCUT2D eigenvalue weighted by Crippen LogP contribution is 2.25. The van der Waals surface area contributed by atoms with Gasteiger partial charge in [0.1, 0.15) is 0 Å². The fourth-order valence-corrected chi connectivity index (χ4v) is 1.82. The van der Waals surface area contributed by atoms with E-state index >= 15 is 0 Å². The Labute approximate surface area is 113 Å². The van der Waals surface area contributed by atoms with Gasteiger partial charge in [0.15, 0.2) is 6.61 Å². The number of carbonyl (C=O) groups is 2. The minimum absolute atomic E-state index is 0.204. The molecular formula is C15H21NO3. The largest absolute Gasteiger partial charge is 0.452 e. The zero-order chi connectivity index (χ0) is 14.6. The molecule has 19 heavy (non-hydrogen) atoms. The van der Waals surface area contributed by atoms with Crippen LogP contribution in [-0.2, 0) is 9.53 Å². The highest BCUT2D eigenvalue weighted by atomic mass is 16.5. The van der Waals surface area contributed by atoms with Crippen molar-refractivity contribution in [2.75, 3.05) is 6.61 Å². The van der Waals surface area contributed by atoms with E-state index in [1.54, 1.807) is 6.07 Å². The predicted molar refractivity (Wildman–Crippen MR) is 74.1 cm³/mol. The van der Waals surface area contributed by atoms with Crippen LogP contribution in [-0.4, -0.2) is 18.5 Å². The van der Waals surface area contributed by atoms with E-state index in [1.807, 2.05) is 26.0 Å². The van der Waals surface area contributed by atoms with E-state index in [2.05, 4.69) is 13.8 Å². The van der Waals surface area contributed by atoms with Gasteiger partial charge < -0.3 is 10.5 Å². The van der Waals surface area contributed by atoms with Crippen LogP contribution in [0.2, 0.25) is 0 Å². The Morgan fingerprint density at radius 2 is 1.79 bits per heavy atom. The fraction of sp³-hybridized carbons (Fsp3) is 0.467. The fourth-order valence-electron chi connectivity index (χ4n) is 1.82. The van der Waals surface area contributed by atoms with Gasteiger partial charge in [-0.3, -0.25) is 4.79 Å². The first-order chi connectivity index (χ1) is 8.82. The Morgan fingerprint density at radius 1 is 1.16 bits per heavy atom. The average Bonchev–Trinajstić information content (AvgIpc) is 2.34. The van der Waals surface area contributed by atoms with Gasteiger partial charge in [0.05, 0.1) is 5.56 Å². The van der Waals surface area contributed by atoms with Crippen LogP contribution in [0.1, 0.15) is 61.0 Å². The summed E-state index contributed by atoms with van der Waals surface area (Å²) < 4.78 is 4.87. The van der Waals surface area contributed by atoms with Gasteiger partial charge in [0.2, 0.25) is 0 Å². The summed E-state index contributed by atoms with van der Waals surface area (Å²) in [6.07, 6.45) is 0. The van der Waals surface area contributed by atoms with Crippen LogP contribution < -0.4 is 5.73 Å². The Bertz CT molecular complexity index is 478. The van der Waals surface area contributed by atoms with Crippen molar-refractivity contribution in [3.63, 3.8) is 0 Å². The molecule has 1 aromatic rings. The molecule has 0 aliphatic heterocycles. The molecule has 0 radical (unpaired) electrons. The topological polar surface area (TPSA) is 69.4 Å². The maximum atomic E-state index is 11.9. The predicted octanol–water partition coefficient (Wildman–Crippen LogP) is 2.58. The van der Waals surface area contributed by atoms with E-state index in [-0.39, 0.29) is 12.5 Å². The van der Waals surface area contributed by atoms with Crippen molar-refractivity contribution >= 4 is 11.9 Å². The SMILES string of the molecule is CC(C)c1ccc(C(=O)OCC(N)=O)c(C(C)C)c1. The number of rotatable bonds is 5. The average molecular weight is 263 g/mol. The summed E-state index contributed by atoms with van der Waals surface area (Å²) in [4.78, 5) is 22.6. The van der Waals surface area contributed by atoms with Crippen molar-refractivity contribution in [1.29, 1.82) is 0 Å². The zero-order valence-electron chi connectivity index (χ0n) is 11.9. The lowest BCUT2D eigenvalue weighted by molar-refractivity contribution is -0.121. The molecule has 104 valence electrons. The molecule has 0 atom stereocenters. The van der Waals surface area contributed by atoms with Gasteiger partial charge in [-0.1, -0.05) is 39.8 Å². The summed E-state index contributed by atoms with van der Waals surface area (Å²) in [5, 5.41) is 0. The van der Waals surface area contributed by atoms with Crippen molar-refractivity contribution in [2.24, 2.45) is 5.73 Å². The molecule has 1 aromatic carbocycles. The Kier molecular flexibility index (Phi) is 5.10. The number of carbonyl (C=O) groups excluding carboxylic acids is 2. The zero-order valence-corrected chi connectivity index (χ0v) is 11.9. The molecule has 0 saturated heterocycles. The lowest BCUT2D eigenvalue weighted by atomic mass is 9.91. The van der Waals surface area contributed by atoms with Crippen LogP contribution >= 0.6 is 0 Å². The maximum absolute atomic E-state index is 11.9. The molecule has 4 nitrogen and oxygen atoms in total. The number of ether oxygens (including phenoxy) is 1. The number of benzene rings is 1. The molecular weight excluding hydrogens is 242 g/mol. The molecule has 0 heterocycles. The standard InChI is InChI=1S/C15H21NO3/c1-9(2)11-5-6-12(13(7-11)10(3)4)15(18)19-8-14(16)17/h5-7,9-10H,8H2,1-4H3,(H2,16,17). The lowest BCUT2D eigenvalue weighted by Crippen LogP contribution is -2.21. The third-order valence-electron chi connectivity index (χ3n) is 2.93. The third-order valence-corrected chi connectivity index (χ3v) is 2.93. The second-order valence-corrected chi connectivity index (χ2v) is 5.20. The first-order valence-electron chi connectivity index (χ1n) is 6.42. The number of esters is 1. The van der Waals surface area contributed by atoms with Crippen LogP contribution in [0.3, 0.4) is 0 Å². The van der Waals surface area contributed by atoms with E-state index in [0.717, 1.165) is 5.56 Å². The van der Waals surface area contributed by atoms with Crippen molar-refractivity contribution < 1.29 is 14.3 Å². The summed E-state index contributed by atoms with van der Waals surface area (Å²) in [7, 11) is 0. The highest BCUT2D eigenvalue weighted by molar-refractivity contribution is 5.92.